The van der Waals surface area contributed by atoms with Crippen molar-refractivity contribution in [3.05, 3.63) is 35.7 Å². The number of halogens is 2. The van der Waals surface area contributed by atoms with Crippen LogP contribution in [0.1, 0.15) is 5.82 Å². The molecule has 8 heteroatoms. The number of aryl methyl sites for hydroxylation is 1. The minimum atomic E-state index is -1.03. The van der Waals surface area contributed by atoms with Gasteiger partial charge in [-0.1, -0.05) is 11.8 Å². The van der Waals surface area contributed by atoms with E-state index in [-0.39, 0.29) is 16.6 Å². The summed E-state index contributed by atoms with van der Waals surface area (Å²) < 4.78 is 28.2. The van der Waals surface area contributed by atoms with Gasteiger partial charge in [0.05, 0.1) is 11.4 Å². The largest absolute Gasteiger partial charge is 0.481 e. The Balaban J connectivity index is 2.46. The van der Waals surface area contributed by atoms with Crippen LogP contribution in [0.15, 0.2) is 23.4 Å². The summed E-state index contributed by atoms with van der Waals surface area (Å²) in [5.41, 5.74) is -0.0459. The lowest BCUT2D eigenvalue weighted by Crippen LogP contribution is -2.05. The fraction of sp³-hybridized carbons (Fsp3) is 0.182. The molecule has 1 aromatic carbocycles. The molecule has 0 atom stereocenters. The van der Waals surface area contributed by atoms with E-state index in [1.165, 1.54) is 4.57 Å². The predicted molar refractivity (Wildman–Crippen MR) is 64.4 cm³/mol. The molecule has 0 radical (unpaired) electrons. The maximum Gasteiger partial charge on any atom is 0.313 e. The zero-order valence-electron chi connectivity index (χ0n) is 9.80. The van der Waals surface area contributed by atoms with Crippen molar-refractivity contribution in [2.24, 2.45) is 0 Å². The van der Waals surface area contributed by atoms with Gasteiger partial charge in [-0.05, 0) is 19.1 Å². The van der Waals surface area contributed by atoms with E-state index in [0.717, 1.165) is 30.0 Å². The molecule has 1 aromatic heterocycles. The van der Waals surface area contributed by atoms with E-state index in [0.29, 0.717) is 5.82 Å². The summed E-state index contributed by atoms with van der Waals surface area (Å²) in [6.45, 7) is 1.57. The Morgan fingerprint density at radius 2 is 2.16 bits per heavy atom. The number of rotatable bonds is 4. The number of hydrogen-bond acceptors (Lipinski definition) is 4. The standard InChI is InChI=1S/C11H9F2N3O2S/c1-6-14-15-11(19-5-10(17)18)16(6)9-4-7(12)2-3-8(9)13/h2-4H,5H2,1H3,(H,17,18). The van der Waals surface area contributed by atoms with Gasteiger partial charge in [0.1, 0.15) is 17.5 Å². The van der Waals surface area contributed by atoms with Gasteiger partial charge < -0.3 is 5.11 Å². The summed E-state index contributed by atoms with van der Waals surface area (Å²) in [5.74, 6) is -2.16. The number of aliphatic carboxylic acids is 1. The lowest BCUT2D eigenvalue weighted by molar-refractivity contribution is -0.133. The van der Waals surface area contributed by atoms with Crippen molar-refractivity contribution in [2.75, 3.05) is 5.75 Å². The van der Waals surface area contributed by atoms with Gasteiger partial charge in [0.15, 0.2) is 5.16 Å². The molecular weight excluding hydrogens is 276 g/mol. The number of aromatic nitrogens is 3. The van der Waals surface area contributed by atoms with E-state index in [2.05, 4.69) is 10.2 Å². The third kappa shape index (κ3) is 2.90. The number of carboxylic acid groups (broad SMARTS) is 1. The molecule has 1 N–H and O–H groups in total. The van der Waals surface area contributed by atoms with E-state index < -0.39 is 17.6 Å². The normalized spacial score (nSPS) is 10.7. The highest BCUT2D eigenvalue weighted by molar-refractivity contribution is 7.99. The Morgan fingerprint density at radius 3 is 2.84 bits per heavy atom. The predicted octanol–water partition coefficient (Wildman–Crippen LogP) is 2.03. The Morgan fingerprint density at radius 1 is 1.42 bits per heavy atom. The van der Waals surface area contributed by atoms with Crippen LogP contribution in [0.2, 0.25) is 0 Å². The Hall–Kier alpha value is -1.96. The molecule has 0 aliphatic rings. The van der Waals surface area contributed by atoms with Crippen molar-refractivity contribution in [1.29, 1.82) is 0 Å². The van der Waals surface area contributed by atoms with Gasteiger partial charge in [-0.3, -0.25) is 9.36 Å². The highest BCUT2D eigenvalue weighted by atomic mass is 32.2. The van der Waals surface area contributed by atoms with Gasteiger partial charge in [-0.2, -0.15) is 0 Å². The number of thioether (sulfide) groups is 1. The number of benzene rings is 1. The maximum atomic E-state index is 13.7. The number of hydrogen-bond donors (Lipinski definition) is 1. The lowest BCUT2D eigenvalue weighted by atomic mass is 10.3. The summed E-state index contributed by atoms with van der Waals surface area (Å²) in [6.07, 6.45) is 0. The highest BCUT2D eigenvalue weighted by Crippen LogP contribution is 2.24. The van der Waals surface area contributed by atoms with E-state index in [9.17, 15) is 13.6 Å². The molecule has 0 amide bonds. The van der Waals surface area contributed by atoms with Crippen molar-refractivity contribution >= 4 is 17.7 Å². The summed E-state index contributed by atoms with van der Waals surface area (Å²) >= 11 is 0.886. The molecule has 0 bridgehead atoms. The molecular formula is C11H9F2N3O2S. The highest BCUT2D eigenvalue weighted by Gasteiger charge is 2.16. The van der Waals surface area contributed by atoms with Crippen molar-refractivity contribution < 1.29 is 18.7 Å². The lowest BCUT2D eigenvalue weighted by Gasteiger charge is -2.08. The fourth-order valence-electron chi connectivity index (χ4n) is 1.50. The molecule has 0 saturated carbocycles. The smallest absolute Gasteiger partial charge is 0.313 e. The molecule has 2 rings (SSSR count). The first-order chi connectivity index (χ1) is 8.99. The first kappa shape index (κ1) is 13.5. The van der Waals surface area contributed by atoms with Crippen LogP contribution in [0.25, 0.3) is 5.69 Å². The van der Waals surface area contributed by atoms with E-state index in [4.69, 9.17) is 5.11 Å². The third-order valence-corrected chi connectivity index (χ3v) is 3.18. The second-order valence-electron chi connectivity index (χ2n) is 3.64. The molecule has 19 heavy (non-hydrogen) atoms. The van der Waals surface area contributed by atoms with Gasteiger partial charge in [-0.15, -0.1) is 10.2 Å². The van der Waals surface area contributed by atoms with Gasteiger partial charge >= 0.3 is 5.97 Å². The van der Waals surface area contributed by atoms with Crippen LogP contribution in [0, 0.1) is 18.6 Å². The minimum Gasteiger partial charge on any atom is -0.481 e. The summed E-state index contributed by atoms with van der Waals surface area (Å²) in [6, 6.07) is 3.01. The minimum absolute atomic E-state index is 0.0459. The average molecular weight is 285 g/mol. The second-order valence-corrected chi connectivity index (χ2v) is 4.59. The Bertz CT molecular complexity index is 630. The second kappa shape index (κ2) is 5.35. The monoisotopic (exact) mass is 285 g/mol. The molecule has 1 heterocycles. The molecule has 100 valence electrons. The zero-order chi connectivity index (χ0) is 14.0. The topological polar surface area (TPSA) is 68.0 Å². The number of carboxylic acids is 1. The average Bonchev–Trinajstić information content (AvgIpc) is 2.71. The zero-order valence-corrected chi connectivity index (χ0v) is 10.6. The van der Waals surface area contributed by atoms with Gasteiger partial charge in [0.25, 0.3) is 0 Å². The van der Waals surface area contributed by atoms with Crippen LogP contribution >= 0.6 is 11.8 Å². The summed E-state index contributed by atoms with van der Waals surface area (Å²) in [5, 5.41) is 16.3. The first-order valence-electron chi connectivity index (χ1n) is 5.21. The van der Waals surface area contributed by atoms with E-state index in [1.54, 1.807) is 6.92 Å². The van der Waals surface area contributed by atoms with Crippen molar-refractivity contribution in [1.82, 2.24) is 14.8 Å². The third-order valence-electron chi connectivity index (χ3n) is 2.27. The van der Waals surface area contributed by atoms with E-state index >= 15 is 0 Å². The molecule has 5 nitrogen and oxygen atoms in total. The van der Waals surface area contributed by atoms with Crippen molar-refractivity contribution in [2.45, 2.75) is 12.1 Å². The molecule has 0 unspecified atom stereocenters. The van der Waals surface area contributed by atoms with Crippen LogP contribution in [-0.2, 0) is 4.79 Å². The maximum absolute atomic E-state index is 13.7. The van der Waals surface area contributed by atoms with Gasteiger partial charge in [0.2, 0.25) is 0 Å². The van der Waals surface area contributed by atoms with Gasteiger partial charge in [0, 0.05) is 6.07 Å². The molecule has 2 aromatic rings. The summed E-state index contributed by atoms with van der Waals surface area (Å²) in [7, 11) is 0. The Labute approximate surface area is 111 Å². The molecule has 0 spiro atoms. The quantitative estimate of drug-likeness (QED) is 0.871. The number of carbonyl (C=O) groups is 1. The van der Waals surface area contributed by atoms with Crippen molar-refractivity contribution in [3.8, 4) is 5.69 Å². The van der Waals surface area contributed by atoms with Crippen LogP contribution in [-0.4, -0.2) is 31.6 Å². The SMILES string of the molecule is Cc1nnc(SCC(=O)O)n1-c1cc(F)ccc1F. The Kier molecular flexibility index (Phi) is 3.79. The molecule has 0 saturated heterocycles. The van der Waals surface area contributed by atoms with Crippen molar-refractivity contribution in [3.63, 3.8) is 0 Å². The molecule has 0 aliphatic carbocycles. The van der Waals surface area contributed by atoms with E-state index in [1.807, 2.05) is 0 Å². The summed E-state index contributed by atoms with van der Waals surface area (Å²) in [4.78, 5) is 10.5. The van der Waals surface area contributed by atoms with Crippen LogP contribution < -0.4 is 0 Å². The van der Waals surface area contributed by atoms with Gasteiger partial charge in [-0.25, -0.2) is 8.78 Å². The van der Waals surface area contributed by atoms with Crippen LogP contribution in [0.4, 0.5) is 8.78 Å². The molecule has 0 fully saturated rings. The van der Waals surface area contributed by atoms with Crippen LogP contribution in [0.5, 0.6) is 0 Å². The fourth-order valence-corrected chi connectivity index (χ4v) is 2.21. The first-order valence-corrected chi connectivity index (χ1v) is 6.19. The molecule has 0 aliphatic heterocycles. The number of nitrogens with zero attached hydrogens (tertiary/aromatic N) is 3. The van der Waals surface area contributed by atoms with Crippen LogP contribution in [0.3, 0.4) is 0 Å².